The molecule has 5 aromatic rings. The van der Waals surface area contributed by atoms with Crippen molar-refractivity contribution >= 4 is 28.8 Å². The molecular formula is C33H33N9O4. The zero-order valence-electron chi connectivity index (χ0n) is 25.1. The van der Waals surface area contributed by atoms with Crippen molar-refractivity contribution in [3.05, 3.63) is 88.4 Å². The first-order valence-electron chi connectivity index (χ1n) is 15.6. The van der Waals surface area contributed by atoms with E-state index in [9.17, 15) is 14.4 Å². The second-order valence-corrected chi connectivity index (χ2v) is 12.1. The van der Waals surface area contributed by atoms with Gasteiger partial charge in [0.25, 0.3) is 11.5 Å². The van der Waals surface area contributed by atoms with Gasteiger partial charge in [-0.1, -0.05) is 18.2 Å². The van der Waals surface area contributed by atoms with Crippen molar-refractivity contribution in [3.8, 4) is 16.9 Å². The predicted molar refractivity (Wildman–Crippen MR) is 170 cm³/mol. The largest absolute Gasteiger partial charge is 0.382 e. The number of nitrogens with two attached hydrogens (primary N) is 1. The van der Waals surface area contributed by atoms with Crippen LogP contribution in [-0.4, -0.2) is 65.4 Å². The minimum absolute atomic E-state index is 0.0345. The van der Waals surface area contributed by atoms with Crippen molar-refractivity contribution in [1.29, 1.82) is 0 Å². The summed E-state index contributed by atoms with van der Waals surface area (Å²) in [5, 5.41) is 7.45. The maximum atomic E-state index is 13.5. The summed E-state index contributed by atoms with van der Waals surface area (Å²) in [5.74, 6) is 1.05. The summed E-state index contributed by atoms with van der Waals surface area (Å²) < 4.78 is 10.7. The molecule has 0 spiro atoms. The Morgan fingerprint density at radius 2 is 1.78 bits per heavy atom. The first-order valence-corrected chi connectivity index (χ1v) is 15.6. The molecule has 0 unspecified atom stereocenters. The van der Waals surface area contributed by atoms with E-state index in [4.69, 9.17) is 10.5 Å². The van der Waals surface area contributed by atoms with Crippen LogP contribution in [0.25, 0.3) is 22.5 Å². The van der Waals surface area contributed by atoms with Gasteiger partial charge in [0.05, 0.1) is 25.5 Å². The summed E-state index contributed by atoms with van der Waals surface area (Å²) in [5.41, 5.74) is 10.6. The van der Waals surface area contributed by atoms with Crippen LogP contribution in [0, 0.1) is 5.92 Å². The number of hydrogen-bond acceptors (Lipinski definition) is 8. The molecule has 46 heavy (non-hydrogen) atoms. The van der Waals surface area contributed by atoms with E-state index in [1.807, 2.05) is 21.5 Å². The van der Waals surface area contributed by atoms with E-state index in [0.717, 1.165) is 61.1 Å². The number of benzene rings is 1. The van der Waals surface area contributed by atoms with Crippen LogP contribution < -0.4 is 16.6 Å². The maximum Gasteiger partial charge on any atom is 0.286 e. The molecule has 234 valence electrons. The standard InChI is InChI=1S/C33H33N9O4/c34-30-29-24(17-25(41(29)37-19-36-30)21-10-13-39(14-11-21)32(44)22-4-5-22)20-6-8-23(9-7-20)38-31(43)28-26-18-46-16-15-40(26)42(33(28)45)27-3-1-2-12-35-27/h1-3,6-9,12,17,19,21-22H,4-5,10-11,13-16,18H2,(H,38,43)(H2,34,36,37). The van der Waals surface area contributed by atoms with Crippen molar-refractivity contribution in [2.75, 3.05) is 30.7 Å². The Balaban J connectivity index is 1.06. The molecule has 0 atom stereocenters. The number of carbonyl (C=O) groups is 2. The highest BCUT2D eigenvalue weighted by molar-refractivity contribution is 6.05. The SMILES string of the molecule is Nc1ncnn2c(C3CCN(C(=O)C4CC4)CC3)cc(-c3ccc(NC(=O)c4c5n(n(-c6ccccn6)c4=O)CCOC5)cc3)c12. The molecule has 6 heterocycles. The van der Waals surface area contributed by atoms with Gasteiger partial charge in [-0.25, -0.2) is 14.5 Å². The number of nitrogen functional groups attached to an aromatic ring is 1. The van der Waals surface area contributed by atoms with Crippen LogP contribution in [0.2, 0.25) is 0 Å². The number of ether oxygens (including phenoxy) is 1. The minimum atomic E-state index is -0.512. The van der Waals surface area contributed by atoms with E-state index in [1.54, 1.807) is 41.2 Å². The Morgan fingerprint density at radius 3 is 2.52 bits per heavy atom. The monoisotopic (exact) mass is 619 g/mol. The third kappa shape index (κ3) is 4.83. The van der Waals surface area contributed by atoms with E-state index in [2.05, 4.69) is 26.4 Å². The number of anilines is 2. The van der Waals surface area contributed by atoms with Crippen molar-refractivity contribution in [3.63, 3.8) is 0 Å². The molecular weight excluding hydrogens is 586 g/mol. The lowest BCUT2D eigenvalue weighted by atomic mass is 9.92. The average molecular weight is 620 g/mol. The van der Waals surface area contributed by atoms with E-state index in [0.29, 0.717) is 42.1 Å². The number of pyridine rings is 1. The third-order valence-corrected chi connectivity index (χ3v) is 9.24. The lowest BCUT2D eigenvalue weighted by molar-refractivity contribution is -0.133. The van der Waals surface area contributed by atoms with Crippen molar-refractivity contribution in [2.24, 2.45) is 5.92 Å². The summed E-state index contributed by atoms with van der Waals surface area (Å²) in [7, 11) is 0. The minimum Gasteiger partial charge on any atom is -0.382 e. The Bertz CT molecular complexity index is 2020. The molecule has 1 saturated carbocycles. The molecule has 3 aliphatic rings. The molecule has 13 heteroatoms. The lowest BCUT2D eigenvalue weighted by Gasteiger charge is -2.32. The molecule has 1 saturated heterocycles. The van der Waals surface area contributed by atoms with Crippen LogP contribution in [0.1, 0.15) is 53.3 Å². The summed E-state index contributed by atoms with van der Waals surface area (Å²) in [6, 6.07) is 14.8. The van der Waals surface area contributed by atoms with Crippen molar-refractivity contribution in [1.82, 2.24) is 33.8 Å². The number of rotatable bonds is 6. The maximum absolute atomic E-state index is 13.5. The van der Waals surface area contributed by atoms with Gasteiger partial charge in [0, 0.05) is 48.1 Å². The second kappa shape index (κ2) is 11.2. The fourth-order valence-corrected chi connectivity index (χ4v) is 6.74. The zero-order valence-corrected chi connectivity index (χ0v) is 25.1. The normalized spacial score (nSPS) is 16.8. The molecule has 2 amide bonds. The highest BCUT2D eigenvalue weighted by atomic mass is 16.5. The number of piperidine rings is 1. The Kier molecular flexibility index (Phi) is 6.89. The summed E-state index contributed by atoms with van der Waals surface area (Å²) in [6.07, 6.45) is 6.82. The smallest absolute Gasteiger partial charge is 0.286 e. The molecule has 4 aromatic heterocycles. The molecule has 13 nitrogen and oxygen atoms in total. The predicted octanol–water partition coefficient (Wildman–Crippen LogP) is 3.22. The van der Waals surface area contributed by atoms with Gasteiger partial charge in [-0.05, 0) is 61.6 Å². The summed E-state index contributed by atoms with van der Waals surface area (Å²) in [6.45, 7) is 2.49. The van der Waals surface area contributed by atoms with E-state index < -0.39 is 11.5 Å². The first-order chi connectivity index (χ1) is 22.5. The number of nitrogens with zero attached hydrogens (tertiary/aromatic N) is 7. The van der Waals surface area contributed by atoms with Gasteiger partial charge in [0.1, 0.15) is 17.4 Å². The van der Waals surface area contributed by atoms with Crippen LogP contribution >= 0.6 is 0 Å². The van der Waals surface area contributed by atoms with E-state index >= 15 is 0 Å². The number of likely N-dealkylation sites (tertiary alicyclic amines) is 1. The Morgan fingerprint density at radius 1 is 0.978 bits per heavy atom. The molecule has 0 radical (unpaired) electrons. The van der Waals surface area contributed by atoms with Gasteiger partial charge in [0.15, 0.2) is 11.6 Å². The number of aromatic nitrogens is 6. The number of nitrogens with one attached hydrogen (secondary N) is 1. The van der Waals surface area contributed by atoms with Gasteiger partial charge < -0.3 is 20.7 Å². The van der Waals surface area contributed by atoms with Crippen LogP contribution in [-0.2, 0) is 22.7 Å². The van der Waals surface area contributed by atoms with E-state index in [1.165, 1.54) is 11.0 Å². The fraction of sp³-hybridized carbons (Fsp3) is 0.333. The molecule has 8 rings (SSSR count). The van der Waals surface area contributed by atoms with Gasteiger partial charge in [0.2, 0.25) is 5.91 Å². The highest BCUT2D eigenvalue weighted by Crippen LogP contribution is 2.38. The third-order valence-electron chi connectivity index (χ3n) is 9.24. The van der Waals surface area contributed by atoms with Gasteiger partial charge >= 0.3 is 0 Å². The molecule has 3 N–H and O–H groups in total. The molecule has 2 fully saturated rings. The first kappa shape index (κ1) is 28.2. The Hall–Kier alpha value is -5.30. The van der Waals surface area contributed by atoms with Gasteiger partial charge in [-0.2, -0.15) is 9.78 Å². The van der Waals surface area contributed by atoms with Crippen molar-refractivity contribution in [2.45, 2.75) is 44.8 Å². The molecule has 0 bridgehead atoms. The van der Waals surface area contributed by atoms with Crippen molar-refractivity contribution < 1.29 is 14.3 Å². The molecule has 2 aliphatic heterocycles. The quantitative estimate of drug-likeness (QED) is 0.294. The second-order valence-electron chi connectivity index (χ2n) is 12.1. The lowest BCUT2D eigenvalue weighted by Crippen LogP contribution is -2.39. The number of carbonyl (C=O) groups excluding carboxylic acids is 2. The fourth-order valence-electron chi connectivity index (χ4n) is 6.74. The number of amides is 2. The zero-order chi connectivity index (χ0) is 31.4. The number of hydrogen-bond donors (Lipinski definition) is 2. The van der Waals surface area contributed by atoms with E-state index in [-0.39, 0.29) is 24.0 Å². The van der Waals surface area contributed by atoms with Crippen LogP contribution in [0.5, 0.6) is 0 Å². The highest BCUT2D eigenvalue weighted by Gasteiger charge is 2.36. The van der Waals surface area contributed by atoms with Gasteiger partial charge in [-0.15, -0.1) is 0 Å². The number of fused-ring (bicyclic) bond motifs is 2. The summed E-state index contributed by atoms with van der Waals surface area (Å²) in [4.78, 5) is 50.3. The van der Waals surface area contributed by atoms with Crippen LogP contribution in [0.4, 0.5) is 11.5 Å². The molecule has 1 aliphatic carbocycles. The Labute approximate surface area is 263 Å². The average Bonchev–Trinajstić information content (AvgIpc) is 3.79. The van der Waals surface area contributed by atoms with Crippen LogP contribution in [0.3, 0.4) is 0 Å². The molecule has 1 aromatic carbocycles. The summed E-state index contributed by atoms with van der Waals surface area (Å²) >= 11 is 0. The van der Waals surface area contributed by atoms with Gasteiger partial charge in [-0.3, -0.25) is 19.1 Å². The van der Waals surface area contributed by atoms with Crippen LogP contribution in [0.15, 0.2) is 65.8 Å². The topological polar surface area (TPSA) is 155 Å².